The van der Waals surface area contributed by atoms with Gasteiger partial charge in [-0.25, -0.2) is 10.2 Å². The number of amides is 2. The summed E-state index contributed by atoms with van der Waals surface area (Å²) in [7, 11) is 0. The number of nitrogens with zero attached hydrogens (tertiary/aromatic N) is 2. The standard InChI is InChI=1S/C12H14N4O3/c1-2-18-11-7-9(8-15-16-12(14)17)3-4-10(11)19-6-5-13/h3-4,7-8H,2,6H2,1H3,(H3,14,16,17)/b15-8+. The Labute approximate surface area is 110 Å². The minimum absolute atomic E-state index is 0.0588. The third-order valence-electron chi connectivity index (χ3n) is 1.95. The predicted molar refractivity (Wildman–Crippen MR) is 69.0 cm³/mol. The molecule has 0 aliphatic heterocycles. The van der Waals surface area contributed by atoms with Crippen molar-refractivity contribution in [3.63, 3.8) is 0 Å². The molecule has 3 N–H and O–H groups in total. The van der Waals surface area contributed by atoms with Gasteiger partial charge >= 0.3 is 6.03 Å². The van der Waals surface area contributed by atoms with E-state index in [0.717, 1.165) is 0 Å². The molecule has 1 aromatic carbocycles. The van der Waals surface area contributed by atoms with Crippen LogP contribution < -0.4 is 20.6 Å². The second kappa shape index (κ2) is 7.55. The van der Waals surface area contributed by atoms with Crippen molar-refractivity contribution in [1.82, 2.24) is 5.43 Å². The highest BCUT2D eigenvalue weighted by atomic mass is 16.5. The van der Waals surface area contributed by atoms with E-state index in [-0.39, 0.29) is 6.61 Å². The molecule has 1 rings (SSSR count). The number of carbonyl (C=O) groups is 1. The summed E-state index contributed by atoms with van der Waals surface area (Å²) in [6.07, 6.45) is 1.42. The zero-order valence-electron chi connectivity index (χ0n) is 10.4. The minimum atomic E-state index is -0.741. The fraction of sp³-hybridized carbons (Fsp3) is 0.250. The molecule has 0 aromatic heterocycles. The van der Waals surface area contributed by atoms with E-state index < -0.39 is 6.03 Å². The monoisotopic (exact) mass is 262 g/mol. The van der Waals surface area contributed by atoms with Gasteiger partial charge in [-0.2, -0.15) is 10.4 Å². The first-order chi connectivity index (χ1) is 9.17. The zero-order valence-corrected chi connectivity index (χ0v) is 10.4. The fourth-order valence-corrected chi connectivity index (χ4v) is 1.27. The van der Waals surface area contributed by atoms with E-state index in [1.54, 1.807) is 18.2 Å². The van der Waals surface area contributed by atoms with Crippen molar-refractivity contribution in [3.05, 3.63) is 23.8 Å². The molecule has 0 aliphatic carbocycles. The first-order valence-electron chi connectivity index (χ1n) is 5.52. The van der Waals surface area contributed by atoms with E-state index >= 15 is 0 Å². The van der Waals surface area contributed by atoms with Gasteiger partial charge in [0, 0.05) is 0 Å². The summed E-state index contributed by atoms with van der Waals surface area (Å²) < 4.78 is 10.6. The summed E-state index contributed by atoms with van der Waals surface area (Å²) in [4.78, 5) is 10.5. The van der Waals surface area contributed by atoms with Crippen LogP contribution in [-0.2, 0) is 0 Å². The van der Waals surface area contributed by atoms with Gasteiger partial charge in [0.1, 0.15) is 6.07 Å². The van der Waals surface area contributed by atoms with Crippen molar-refractivity contribution >= 4 is 12.2 Å². The Bertz CT molecular complexity index is 508. The molecule has 0 saturated heterocycles. The van der Waals surface area contributed by atoms with Crippen LogP contribution in [-0.4, -0.2) is 25.5 Å². The molecule has 1 aromatic rings. The maximum atomic E-state index is 10.5. The summed E-state index contributed by atoms with van der Waals surface area (Å²) in [5, 5.41) is 12.1. The number of hydrazone groups is 1. The maximum Gasteiger partial charge on any atom is 0.332 e. The Hall–Kier alpha value is -2.75. The van der Waals surface area contributed by atoms with Crippen LogP contribution >= 0.6 is 0 Å². The minimum Gasteiger partial charge on any atom is -0.490 e. The van der Waals surface area contributed by atoms with Crippen LogP contribution in [0.4, 0.5) is 4.79 Å². The molecule has 19 heavy (non-hydrogen) atoms. The lowest BCUT2D eigenvalue weighted by atomic mass is 10.2. The molecule has 0 atom stereocenters. The first-order valence-corrected chi connectivity index (χ1v) is 5.52. The van der Waals surface area contributed by atoms with Gasteiger partial charge in [-0.05, 0) is 30.7 Å². The van der Waals surface area contributed by atoms with Crippen LogP contribution in [0, 0.1) is 11.3 Å². The largest absolute Gasteiger partial charge is 0.490 e. The van der Waals surface area contributed by atoms with Gasteiger partial charge in [-0.3, -0.25) is 0 Å². The fourth-order valence-electron chi connectivity index (χ4n) is 1.27. The molecule has 0 saturated carbocycles. The number of rotatable bonds is 6. The van der Waals surface area contributed by atoms with Gasteiger partial charge < -0.3 is 15.2 Å². The number of hydrogen-bond acceptors (Lipinski definition) is 5. The normalized spacial score (nSPS) is 9.89. The molecule has 0 bridgehead atoms. The SMILES string of the molecule is CCOc1cc(/C=N/NC(N)=O)ccc1OCC#N. The van der Waals surface area contributed by atoms with Gasteiger partial charge in [-0.15, -0.1) is 0 Å². The van der Waals surface area contributed by atoms with Crippen molar-refractivity contribution in [1.29, 1.82) is 5.26 Å². The lowest BCUT2D eigenvalue weighted by Crippen LogP contribution is -2.24. The maximum absolute atomic E-state index is 10.5. The number of ether oxygens (including phenoxy) is 2. The molecule has 0 spiro atoms. The highest BCUT2D eigenvalue weighted by Gasteiger charge is 2.05. The van der Waals surface area contributed by atoms with E-state index in [1.807, 2.05) is 13.0 Å². The number of urea groups is 1. The van der Waals surface area contributed by atoms with Crippen molar-refractivity contribution < 1.29 is 14.3 Å². The molecular formula is C12H14N4O3. The third-order valence-corrected chi connectivity index (χ3v) is 1.95. The molecule has 2 amide bonds. The van der Waals surface area contributed by atoms with Crippen molar-refractivity contribution in [2.45, 2.75) is 6.92 Å². The molecule has 0 radical (unpaired) electrons. The Balaban J connectivity index is 2.85. The number of carbonyl (C=O) groups excluding carboxylic acids is 1. The molecular weight excluding hydrogens is 248 g/mol. The molecule has 0 unspecified atom stereocenters. The summed E-state index contributed by atoms with van der Waals surface area (Å²) in [6.45, 7) is 2.24. The number of hydrogen-bond donors (Lipinski definition) is 2. The summed E-state index contributed by atoms with van der Waals surface area (Å²) in [5.74, 6) is 0.976. The number of nitriles is 1. The van der Waals surface area contributed by atoms with E-state index in [4.69, 9.17) is 20.5 Å². The van der Waals surface area contributed by atoms with Crippen molar-refractivity contribution in [2.75, 3.05) is 13.2 Å². The second-order valence-electron chi connectivity index (χ2n) is 3.32. The Morgan fingerprint density at radius 2 is 2.32 bits per heavy atom. The predicted octanol–water partition coefficient (Wildman–Crippen LogP) is 0.990. The van der Waals surface area contributed by atoms with Crippen LogP contribution in [0.15, 0.2) is 23.3 Å². The Morgan fingerprint density at radius 3 is 2.95 bits per heavy atom. The van der Waals surface area contributed by atoms with Crippen LogP contribution in [0.5, 0.6) is 11.5 Å². The van der Waals surface area contributed by atoms with Crippen LogP contribution in [0.1, 0.15) is 12.5 Å². The molecule has 7 nitrogen and oxygen atoms in total. The van der Waals surface area contributed by atoms with Gasteiger partial charge in [0.2, 0.25) is 0 Å². The second-order valence-corrected chi connectivity index (χ2v) is 3.32. The average molecular weight is 262 g/mol. The van der Waals surface area contributed by atoms with Gasteiger partial charge in [0.05, 0.1) is 12.8 Å². The van der Waals surface area contributed by atoms with Gasteiger partial charge in [0.15, 0.2) is 18.1 Å². The zero-order chi connectivity index (χ0) is 14.1. The highest BCUT2D eigenvalue weighted by Crippen LogP contribution is 2.27. The lowest BCUT2D eigenvalue weighted by molar-refractivity contribution is 0.249. The van der Waals surface area contributed by atoms with Crippen molar-refractivity contribution in [3.8, 4) is 17.6 Å². The van der Waals surface area contributed by atoms with E-state index in [9.17, 15) is 4.79 Å². The van der Waals surface area contributed by atoms with Crippen molar-refractivity contribution in [2.24, 2.45) is 10.8 Å². The summed E-state index contributed by atoms with van der Waals surface area (Å²) in [6, 6.07) is 6.19. The lowest BCUT2D eigenvalue weighted by Gasteiger charge is -2.10. The van der Waals surface area contributed by atoms with E-state index in [2.05, 4.69) is 10.5 Å². The molecule has 100 valence electrons. The first kappa shape index (κ1) is 14.3. The number of benzene rings is 1. The number of nitrogens with two attached hydrogens (primary N) is 1. The third kappa shape index (κ3) is 4.95. The van der Waals surface area contributed by atoms with Crippen LogP contribution in [0.25, 0.3) is 0 Å². The topological polar surface area (TPSA) is 110 Å². The number of primary amides is 1. The van der Waals surface area contributed by atoms with Crippen LogP contribution in [0.2, 0.25) is 0 Å². The summed E-state index contributed by atoms with van der Waals surface area (Å²) >= 11 is 0. The Morgan fingerprint density at radius 1 is 1.53 bits per heavy atom. The molecule has 0 fully saturated rings. The van der Waals surface area contributed by atoms with E-state index in [1.165, 1.54) is 6.21 Å². The molecule has 7 heteroatoms. The highest BCUT2D eigenvalue weighted by molar-refractivity contribution is 5.82. The average Bonchev–Trinajstić information content (AvgIpc) is 2.38. The smallest absolute Gasteiger partial charge is 0.332 e. The summed E-state index contributed by atoms with van der Waals surface area (Å²) in [5.41, 5.74) is 7.66. The molecule has 0 heterocycles. The quantitative estimate of drug-likeness (QED) is 0.588. The van der Waals surface area contributed by atoms with Crippen LogP contribution in [0.3, 0.4) is 0 Å². The van der Waals surface area contributed by atoms with Gasteiger partial charge in [-0.1, -0.05) is 0 Å². The molecule has 0 aliphatic rings. The Kier molecular flexibility index (Phi) is 5.69. The van der Waals surface area contributed by atoms with E-state index in [0.29, 0.717) is 23.7 Å². The number of nitrogens with one attached hydrogen (secondary N) is 1. The van der Waals surface area contributed by atoms with Gasteiger partial charge in [0.25, 0.3) is 0 Å².